The molecule has 1 aliphatic heterocycles. The number of halogens is 1. The third-order valence-electron chi connectivity index (χ3n) is 2.57. The van der Waals surface area contributed by atoms with Gasteiger partial charge in [0.25, 0.3) is 0 Å². The van der Waals surface area contributed by atoms with Crippen LogP contribution in [-0.2, 0) is 0 Å². The molecule has 1 aromatic rings. The summed E-state index contributed by atoms with van der Waals surface area (Å²) in [5, 5.41) is 12.1. The quantitative estimate of drug-likeness (QED) is 0.736. The molecular formula is C11H11FN2. The first-order valence-corrected chi connectivity index (χ1v) is 4.74. The van der Waals surface area contributed by atoms with E-state index in [2.05, 4.69) is 11.4 Å². The average molecular weight is 190 g/mol. The van der Waals surface area contributed by atoms with E-state index in [0.29, 0.717) is 5.56 Å². The van der Waals surface area contributed by atoms with Crippen LogP contribution < -0.4 is 5.32 Å². The van der Waals surface area contributed by atoms with Crippen LogP contribution in [0.5, 0.6) is 0 Å². The van der Waals surface area contributed by atoms with Crippen LogP contribution in [0.25, 0.3) is 0 Å². The molecule has 0 amide bonds. The molecule has 1 saturated heterocycles. The molecule has 1 atom stereocenters. The van der Waals surface area contributed by atoms with Gasteiger partial charge in [-0.2, -0.15) is 5.26 Å². The maximum Gasteiger partial charge on any atom is 0.123 e. The highest BCUT2D eigenvalue weighted by Gasteiger charge is 2.19. The summed E-state index contributed by atoms with van der Waals surface area (Å²) >= 11 is 0. The number of hydrogen-bond acceptors (Lipinski definition) is 2. The second kappa shape index (κ2) is 3.77. The summed E-state index contributed by atoms with van der Waals surface area (Å²) in [4.78, 5) is 0. The van der Waals surface area contributed by atoms with Gasteiger partial charge in [-0.15, -0.1) is 0 Å². The highest BCUT2D eigenvalue weighted by Crippen LogP contribution is 2.26. The number of rotatable bonds is 1. The van der Waals surface area contributed by atoms with Crippen molar-refractivity contribution in [1.29, 1.82) is 5.26 Å². The van der Waals surface area contributed by atoms with E-state index < -0.39 is 0 Å². The van der Waals surface area contributed by atoms with Gasteiger partial charge in [0, 0.05) is 6.04 Å². The second-order valence-corrected chi connectivity index (χ2v) is 3.49. The summed E-state index contributed by atoms with van der Waals surface area (Å²) < 4.78 is 13.0. The van der Waals surface area contributed by atoms with Crippen molar-refractivity contribution in [2.45, 2.75) is 18.9 Å². The molecule has 0 radical (unpaired) electrons. The third-order valence-corrected chi connectivity index (χ3v) is 2.57. The monoisotopic (exact) mass is 190 g/mol. The van der Waals surface area contributed by atoms with Crippen LogP contribution in [0.4, 0.5) is 4.39 Å². The van der Waals surface area contributed by atoms with Gasteiger partial charge < -0.3 is 5.32 Å². The van der Waals surface area contributed by atoms with Gasteiger partial charge >= 0.3 is 0 Å². The van der Waals surface area contributed by atoms with Gasteiger partial charge in [0.05, 0.1) is 11.6 Å². The number of hydrogen-bond donors (Lipinski definition) is 1. The molecular weight excluding hydrogens is 179 g/mol. The van der Waals surface area contributed by atoms with E-state index in [4.69, 9.17) is 5.26 Å². The van der Waals surface area contributed by atoms with E-state index in [9.17, 15) is 4.39 Å². The Morgan fingerprint density at radius 3 is 3.00 bits per heavy atom. The first kappa shape index (κ1) is 9.17. The van der Waals surface area contributed by atoms with Crippen LogP contribution in [0.15, 0.2) is 18.2 Å². The maximum absolute atomic E-state index is 13.0. The molecule has 1 heterocycles. The Kier molecular flexibility index (Phi) is 2.47. The van der Waals surface area contributed by atoms with Crippen molar-refractivity contribution < 1.29 is 4.39 Å². The maximum atomic E-state index is 13.0. The standard InChI is InChI=1S/C11H11FN2/c12-9-4-3-8(7-13)10(6-9)11-2-1-5-14-11/h3-4,6,11,14H,1-2,5H2/t11-/m1/s1. The minimum Gasteiger partial charge on any atom is -0.310 e. The van der Waals surface area contributed by atoms with Gasteiger partial charge in [0.15, 0.2) is 0 Å². The van der Waals surface area contributed by atoms with Gasteiger partial charge in [-0.3, -0.25) is 0 Å². The first-order valence-electron chi connectivity index (χ1n) is 4.74. The normalized spacial score (nSPS) is 20.7. The lowest BCUT2D eigenvalue weighted by molar-refractivity contribution is 0.605. The van der Waals surface area contributed by atoms with Crippen LogP contribution in [0.1, 0.15) is 30.0 Å². The summed E-state index contributed by atoms with van der Waals surface area (Å²) in [6.07, 6.45) is 2.07. The Balaban J connectivity index is 2.39. The minimum absolute atomic E-state index is 0.153. The molecule has 2 nitrogen and oxygen atoms in total. The van der Waals surface area contributed by atoms with E-state index in [0.717, 1.165) is 24.9 Å². The molecule has 0 spiro atoms. The van der Waals surface area contributed by atoms with Crippen LogP contribution in [-0.4, -0.2) is 6.54 Å². The zero-order chi connectivity index (χ0) is 9.97. The van der Waals surface area contributed by atoms with Crippen molar-refractivity contribution in [1.82, 2.24) is 5.32 Å². The van der Waals surface area contributed by atoms with Crippen molar-refractivity contribution >= 4 is 0 Å². The molecule has 3 heteroatoms. The zero-order valence-corrected chi connectivity index (χ0v) is 7.76. The summed E-state index contributed by atoms with van der Waals surface area (Å²) in [7, 11) is 0. The molecule has 1 N–H and O–H groups in total. The van der Waals surface area contributed by atoms with Crippen LogP contribution in [0.3, 0.4) is 0 Å². The fraction of sp³-hybridized carbons (Fsp3) is 0.364. The average Bonchev–Trinajstić information content (AvgIpc) is 2.70. The van der Waals surface area contributed by atoms with Gasteiger partial charge in [-0.1, -0.05) is 0 Å². The van der Waals surface area contributed by atoms with Crippen molar-refractivity contribution in [2.24, 2.45) is 0 Å². The molecule has 0 bridgehead atoms. The van der Waals surface area contributed by atoms with E-state index in [-0.39, 0.29) is 11.9 Å². The van der Waals surface area contributed by atoms with Gasteiger partial charge in [0.1, 0.15) is 5.82 Å². The van der Waals surface area contributed by atoms with E-state index in [1.165, 1.54) is 12.1 Å². The minimum atomic E-state index is -0.271. The first-order chi connectivity index (χ1) is 6.81. The second-order valence-electron chi connectivity index (χ2n) is 3.49. The Morgan fingerprint density at radius 2 is 2.36 bits per heavy atom. The zero-order valence-electron chi connectivity index (χ0n) is 7.76. The van der Waals surface area contributed by atoms with E-state index in [1.807, 2.05) is 0 Å². The van der Waals surface area contributed by atoms with Gasteiger partial charge in [-0.25, -0.2) is 4.39 Å². The Bertz CT molecular complexity index is 375. The SMILES string of the molecule is N#Cc1ccc(F)cc1[C@H]1CCCN1. The molecule has 2 rings (SSSR count). The molecule has 0 saturated carbocycles. The van der Waals surface area contributed by atoms with Crippen molar-refractivity contribution in [3.05, 3.63) is 35.1 Å². The number of nitrogens with zero attached hydrogens (tertiary/aromatic N) is 1. The molecule has 0 aromatic heterocycles. The number of nitrogens with one attached hydrogen (secondary N) is 1. The fourth-order valence-electron chi connectivity index (χ4n) is 1.87. The van der Waals surface area contributed by atoms with Crippen LogP contribution >= 0.6 is 0 Å². The number of benzene rings is 1. The van der Waals surface area contributed by atoms with E-state index >= 15 is 0 Å². The van der Waals surface area contributed by atoms with Crippen molar-refractivity contribution in [3.63, 3.8) is 0 Å². The molecule has 0 aliphatic carbocycles. The number of nitriles is 1. The highest BCUT2D eigenvalue weighted by molar-refractivity contribution is 5.40. The predicted molar refractivity (Wildman–Crippen MR) is 51.1 cm³/mol. The lowest BCUT2D eigenvalue weighted by atomic mass is 10.00. The Hall–Kier alpha value is -1.40. The largest absolute Gasteiger partial charge is 0.310 e. The molecule has 72 valence electrons. The van der Waals surface area contributed by atoms with Crippen molar-refractivity contribution in [2.75, 3.05) is 6.54 Å². The predicted octanol–water partition coefficient (Wildman–Crippen LogP) is 2.12. The van der Waals surface area contributed by atoms with Gasteiger partial charge in [0.2, 0.25) is 0 Å². The molecule has 14 heavy (non-hydrogen) atoms. The smallest absolute Gasteiger partial charge is 0.123 e. The lowest BCUT2D eigenvalue weighted by Crippen LogP contribution is -2.14. The molecule has 1 aliphatic rings. The summed E-state index contributed by atoms with van der Waals surface area (Å²) in [5.74, 6) is -0.271. The van der Waals surface area contributed by atoms with Crippen LogP contribution in [0.2, 0.25) is 0 Å². The summed E-state index contributed by atoms with van der Waals surface area (Å²) in [6.45, 7) is 0.950. The Labute approximate surface area is 82.4 Å². The summed E-state index contributed by atoms with van der Waals surface area (Å²) in [6, 6.07) is 6.58. The molecule has 0 unspecified atom stereocenters. The third kappa shape index (κ3) is 1.61. The topological polar surface area (TPSA) is 35.8 Å². The van der Waals surface area contributed by atoms with Gasteiger partial charge in [-0.05, 0) is 43.1 Å². The van der Waals surface area contributed by atoms with E-state index in [1.54, 1.807) is 6.07 Å². The van der Waals surface area contributed by atoms with Crippen molar-refractivity contribution in [3.8, 4) is 6.07 Å². The van der Waals surface area contributed by atoms with Crippen LogP contribution in [0, 0.1) is 17.1 Å². The highest BCUT2D eigenvalue weighted by atomic mass is 19.1. The fourth-order valence-corrected chi connectivity index (χ4v) is 1.87. The molecule has 1 fully saturated rings. The lowest BCUT2D eigenvalue weighted by Gasteiger charge is -2.11. The Morgan fingerprint density at radius 1 is 1.50 bits per heavy atom. The summed E-state index contributed by atoms with van der Waals surface area (Å²) in [5.41, 5.74) is 1.37. The molecule has 1 aromatic carbocycles.